The van der Waals surface area contributed by atoms with Gasteiger partial charge in [-0.25, -0.2) is 0 Å². The van der Waals surface area contributed by atoms with Gasteiger partial charge in [-0.1, -0.05) is 20.3 Å². The summed E-state index contributed by atoms with van der Waals surface area (Å²) in [5.41, 5.74) is 6.37. The first-order chi connectivity index (χ1) is 9.10. The van der Waals surface area contributed by atoms with E-state index in [9.17, 15) is 0 Å². The van der Waals surface area contributed by atoms with Crippen molar-refractivity contribution in [3.05, 3.63) is 0 Å². The summed E-state index contributed by atoms with van der Waals surface area (Å²) in [6, 6.07) is 1.28. The predicted molar refractivity (Wildman–Crippen MR) is 83.1 cm³/mol. The minimum Gasteiger partial charge on any atom is -0.327 e. The van der Waals surface area contributed by atoms with Crippen molar-refractivity contribution in [1.82, 2.24) is 4.90 Å². The minimum absolute atomic E-state index is 0.452. The molecule has 0 saturated heterocycles. The molecule has 0 aromatic rings. The van der Waals surface area contributed by atoms with Crippen LogP contribution in [-0.2, 0) is 0 Å². The van der Waals surface area contributed by atoms with E-state index < -0.39 is 0 Å². The Kier molecular flexibility index (Phi) is 5.70. The van der Waals surface area contributed by atoms with Gasteiger partial charge in [-0.05, 0) is 69.7 Å². The Morgan fingerprint density at radius 3 is 2.37 bits per heavy atom. The lowest BCUT2D eigenvalue weighted by molar-refractivity contribution is 0.115. The second kappa shape index (κ2) is 7.08. The summed E-state index contributed by atoms with van der Waals surface area (Å²) >= 11 is 0. The summed E-state index contributed by atoms with van der Waals surface area (Å²) in [5.74, 6) is 2.62. The third-order valence-electron chi connectivity index (χ3n) is 5.86. The van der Waals surface area contributed by atoms with Crippen LogP contribution in [0, 0.1) is 17.8 Å². The lowest BCUT2D eigenvalue weighted by atomic mass is 9.76. The van der Waals surface area contributed by atoms with Crippen LogP contribution in [0.15, 0.2) is 0 Å². The predicted octanol–water partition coefficient (Wildman–Crippen LogP) is 3.65. The zero-order valence-corrected chi connectivity index (χ0v) is 13.3. The monoisotopic (exact) mass is 266 g/mol. The lowest BCUT2D eigenvalue weighted by Gasteiger charge is -2.40. The van der Waals surface area contributed by atoms with E-state index in [0.29, 0.717) is 6.04 Å². The Morgan fingerprint density at radius 2 is 1.74 bits per heavy atom. The molecule has 3 unspecified atom stereocenters. The van der Waals surface area contributed by atoms with E-state index in [0.717, 1.165) is 23.8 Å². The third kappa shape index (κ3) is 4.19. The Balaban J connectivity index is 1.81. The molecular weight excluding hydrogens is 232 g/mol. The van der Waals surface area contributed by atoms with Crippen molar-refractivity contribution >= 4 is 0 Å². The molecular formula is C17H34N2. The summed E-state index contributed by atoms with van der Waals surface area (Å²) in [7, 11) is 2.34. The molecule has 2 aliphatic rings. The van der Waals surface area contributed by atoms with Crippen LogP contribution in [0.3, 0.4) is 0 Å². The highest BCUT2D eigenvalue weighted by atomic mass is 15.1. The number of nitrogens with two attached hydrogens (primary N) is 1. The molecule has 2 saturated carbocycles. The molecule has 0 aliphatic heterocycles. The summed E-state index contributed by atoms with van der Waals surface area (Å²) < 4.78 is 0. The summed E-state index contributed by atoms with van der Waals surface area (Å²) in [4.78, 5) is 2.63. The molecule has 3 atom stereocenters. The van der Waals surface area contributed by atoms with Crippen LogP contribution in [0.2, 0.25) is 0 Å². The molecule has 0 bridgehead atoms. The molecule has 0 amide bonds. The van der Waals surface area contributed by atoms with Gasteiger partial charge in [0.05, 0.1) is 0 Å². The largest absolute Gasteiger partial charge is 0.327 e. The molecule has 2 rings (SSSR count). The first kappa shape index (κ1) is 15.3. The van der Waals surface area contributed by atoms with Gasteiger partial charge in [-0.2, -0.15) is 0 Å². The normalized spacial score (nSPS) is 40.6. The number of hydrogen-bond acceptors (Lipinski definition) is 2. The molecule has 112 valence electrons. The Morgan fingerprint density at radius 1 is 1.05 bits per heavy atom. The number of hydrogen-bond donors (Lipinski definition) is 1. The van der Waals surface area contributed by atoms with Crippen molar-refractivity contribution in [2.24, 2.45) is 23.5 Å². The zero-order chi connectivity index (χ0) is 13.8. The van der Waals surface area contributed by atoms with Crippen molar-refractivity contribution in [2.75, 3.05) is 13.6 Å². The van der Waals surface area contributed by atoms with Crippen LogP contribution in [0.25, 0.3) is 0 Å². The van der Waals surface area contributed by atoms with Gasteiger partial charge in [0, 0.05) is 18.6 Å². The highest BCUT2D eigenvalue weighted by Crippen LogP contribution is 2.32. The van der Waals surface area contributed by atoms with E-state index in [1.807, 2.05) is 0 Å². The van der Waals surface area contributed by atoms with Gasteiger partial charge in [0.1, 0.15) is 0 Å². The highest BCUT2D eigenvalue weighted by Gasteiger charge is 2.30. The maximum Gasteiger partial charge on any atom is 0.00925 e. The summed E-state index contributed by atoms with van der Waals surface area (Å²) in [6.45, 7) is 5.97. The molecule has 0 aromatic heterocycles. The van der Waals surface area contributed by atoms with Crippen LogP contribution >= 0.6 is 0 Å². The second-order valence-electron chi connectivity index (χ2n) is 7.36. The van der Waals surface area contributed by atoms with E-state index >= 15 is 0 Å². The molecule has 2 fully saturated rings. The number of rotatable bonds is 4. The van der Waals surface area contributed by atoms with E-state index in [1.54, 1.807) is 0 Å². The van der Waals surface area contributed by atoms with Crippen LogP contribution in [0.4, 0.5) is 0 Å². The van der Waals surface area contributed by atoms with E-state index in [4.69, 9.17) is 5.73 Å². The maximum atomic E-state index is 6.37. The topological polar surface area (TPSA) is 29.3 Å². The van der Waals surface area contributed by atoms with Crippen LogP contribution < -0.4 is 5.73 Å². The molecule has 0 heterocycles. The van der Waals surface area contributed by atoms with Gasteiger partial charge >= 0.3 is 0 Å². The summed E-state index contributed by atoms with van der Waals surface area (Å²) in [5, 5.41) is 0. The molecule has 0 aromatic carbocycles. The third-order valence-corrected chi connectivity index (χ3v) is 5.86. The van der Waals surface area contributed by atoms with Gasteiger partial charge in [0.25, 0.3) is 0 Å². The van der Waals surface area contributed by atoms with Crippen LogP contribution in [0.5, 0.6) is 0 Å². The molecule has 2 aliphatic carbocycles. The Hall–Kier alpha value is -0.0800. The van der Waals surface area contributed by atoms with Gasteiger partial charge < -0.3 is 10.6 Å². The number of nitrogens with zero attached hydrogens (tertiary/aromatic N) is 1. The van der Waals surface area contributed by atoms with E-state index in [-0.39, 0.29) is 0 Å². The molecule has 19 heavy (non-hydrogen) atoms. The minimum atomic E-state index is 0.452. The van der Waals surface area contributed by atoms with Crippen molar-refractivity contribution in [2.45, 2.75) is 77.3 Å². The summed E-state index contributed by atoms with van der Waals surface area (Å²) in [6.07, 6.45) is 11.0. The quantitative estimate of drug-likeness (QED) is 0.841. The van der Waals surface area contributed by atoms with Gasteiger partial charge in [0.2, 0.25) is 0 Å². The fourth-order valence-corrected chi connectivity index (χ4v) is 4.17. The van der Waals surface area contributed by atoms with Crippen molar-refractivity contribution in [3.63, 3.8) is 0 Å². The fourth-order valence-electron chi connectivity index (χ4n) is 4.17. The molecule has 2 N–H and O–H groups in total. The van der Waals surface area contributed by atoms with Gasteiger partial charge in [-0.3, -0.25) is 0 Å². The molecule has 0 spiro atoms. The standard InChI is InChI=1S/C17H34N2/c1-4-14-7-10-17(18)15(11-14)12-19(3)16-8-5-13(2)6-9-16/h13-17H,4-12,18H2,1-3H3. The first-order valence-electron chi connectivity index (χ1n) is 8.56. The van der Waals surface area contributed by atoms with Crippen molar-refractivity contribution < 1.29 is 0 Å². The van der Waals surface area contributed by atoms with Gasteiger partial charge in [-0.15, -0.1) is 0 Å². The van der Waals surface area contributed by atoms with Gasteiger partial charge in [0.15, 0.2) is 0 Å². The van der Waals surface area contributed by atoms with Crippen molar-refractivity contribution in [3.8, 4) is 0 Å². The maximum absolute atomic E-state index is 6.37. The lowest BCUT2D eigenvalue weighted by Crippen LogP contribution is -2.45. The second-order valence-corrected chi connectivity index (χ2v) is 7.36. The highest BCUT2D eigenvalue weighted by molar-refractivity contribution is 4.86. The van der Waals surface area contributed by atoms with E-state index in [2.05, 4.69) is 25.8 Å². The zero-order valence-electron chi connectivity index (χ0n) is 13.3. The SMILES string of the molecule is CCC1CCC(N)C(CN(C)C2CCC(C)CC2)C1. The molecule has 2 nitrogen and oxygen atoms in total. The first-order valence-corrected chi connectivity index (χ1v) is 8.56. The van der Waals surface area contributed by atoms with Crippen LogP contribution in [0.1, 0.15) is 65.2 Å². The average Bonchev–Trinajstić information content (AvgIpc) is 2.42. The molecule has 0 radical (unpaired) electrons. The Labute approximate surface area is 120 Å². The molecule has 2 heteroatoms. The van der Waals surface area contributed by atoms with Crippen LogP contribution in [-0.4, -0.2) is 30.6 Å². The van der Waals surface area contributed by atoms with E-state index in [1.165, 1.54) is 57.9 Å². The van der Waals surface area contributed by atoms with Crippen molar-refractivity contribution in [1.29, 1.82) is 0 Å². The average molecular weight is 266 g/mol. The fraction of sp³-hybridized carbons (Fsp3) is 1.00. The smallest absolute Gasteiger partial charge is 0.00925 e. The Bertz CT molecular complexity index is 258.